The molecule has 6 heteroatoms. The van der Waals surface area contributed by atoms with Gasteiger partial charge in [0.1, 0.15) is 0 Å². The van der Waals surface area contributed by atoms with Crippen LogP contribution >= 0.6 is 0 Å². The van der Waals surface area contributed by atoms with Gasteiger partial charge < -0.3 is 4.90 Å². The Morgan fingerprint density at radius 2 is 1.67 bits per heavy atom. The first-order valence-electron chi connectivity index (χ1n) is 10.3. The summed E-state index contributed by atoms with van der Waals surface area (Å²) in [7, 11) is -3.32. The van der Waals surface area contributed by atoms with Crippen molar-refractivity contribution in [1.29, 1.82) is 0 Å². The molecule has 5 nitrogen and oxygen atoms in total. The maximum Gasteiger partial charge on any atom is 0.226 e. The number of carbonyl (C=O) groups excluding carboxylic acids is 1. The number of amides is 1. The number of sulfonamides is 1. The van der Waals surface area contributed by atoms with E-state index in [9.17, 15) is 13.2 Å². The van der Waals surface area contributed by atoms with Crippen molar-refractivity contribution in [2.45, 2.75) is 63.7 Å². The molecule has 2 aliphatic rings. The Bertz CT molecular complexity index is 706. The number of rotatable bonds is 6. The molecule has 0 atom stereocenters. The highest BCUT2D eigenvalue weighted by Gasteiger charge is 2.34. The summed E-state index contributed by atoms with van der Waals surface area (Å²) >= 11 is 0. The molecule has 2 fully saturated rings. The zero-order chi connectivity index (χ0) is 19.3. The lowest BCUT2D eigenvalue weighted by Gasteiger charge is -2.38. The zero-order valence-electron chi connectivity index (χ0n) is 16.3. The summed E-state index contributed by atoms with van der Waals surface area (Å²) in [5.41, 5.74) is 0.810. The van der Waals surface area contributed by atoms with Gasteiger partial charge >= 0.3 is 0 Å². The van der Waals surface area contributed by atoms with Crippen LogP contribution in [0.15, 0.2) is 30.3 Å². The van der Waals surface area contributed by atoms with Gasteiger partial charge in [0.2, 0.25) is 15.9 Å². The van der Waals surface area contributed by atoms with Crippen LogP contribution in [0.2, 0.25) is 0 Å². The lowest BCUT2D eigenvalue weighted by Crippen LogP contribution is -2.48. The Hall–Kier alpha value is -1.40. The van der Waals surface area contributed by atoms with Crippen molar-refractivity contribution in [3.63, 3.8) is 0 Å². The molecule has 0 aromatic heterocycles. The number of carbonyl (C=O) groups is 1. The minimum absolute atomic E-state index is 0.0324. The molecule has 3 rings (SSSR count). The van der Waals surface area contributed by atoms with Crippen molar-refractivity contribution >= 4 is 15.9 Å². The molecule has 1 saturated carbocycles. The van der Waals surface area contributed by atoms with Crippen molar-refractivity contribution in [3.05, 3.63) is 35.9 Å². The summed E-state index contributed by atoms with van der Waals surface area (Å²) in [5.74, 6) is 0.245. The average Bonchev–Trinajstić information content (AvgIpc) is 2.70. The molecule has 0 spiro atoms. The topological polar surface area (TPSA) is 57.7 Å². The van der Waals surface area contributed by atoms with E-state index >= 15 is 0 Å². The first-order valence-corrected chi connectivity index (χ1v) is 11.9. The Balaban J connectivity index is 1.56. The predicted octanol–water partition coefficient (Wildman–Crippen LogP) is 3.41. The first-order chi connectivity index (χ1) is 13.0. The second kappa shape index (κ2) is 9.20. The predicted molar refractivity (Wildman–Crippen MR) is 108 cm³/mol. The number of piperidine rings is 1. The van der Waals surface area contributed by atoms with Gasteiger partial charge in [-0.1, -0.05) is 49.6 Å². The van der Waals surface area contributed by atoms with E-state index < -0.39 is 10.0 Å². The normalized spacial score (nSPS) is 20.5. The molecule has 1 amide bonds. The standard InChI is InChI=1S/C21H32N2O3S/c1-2-23(20-11-7-4-8-12-20)21(24)19-13-15-22(16-14-19)27(25,26)17-18-9-5-3-6-10-18/h3,5-6,9-10,19-20H,2,4,7-8,11-17H2,1H3. The number of hydrogen-bond acceptors (Lipinski definition) is 3. The SMILES string of the molecule is CCN(C(=O)C1CCN(S(=O)(=O)Cc2ccccc2)CC1)C1CCCCC1. The second-order valence-corrected chi connectivity index (χ2v) is 9.80. The highest BCUT2D eigenvalue weighted by molar-refractivity contribution is 7.88. The maximum atomic E-state index is 13.0. The number of benzene rings is 1. The van der Waals surface area contributed by atoms with E-state index in [0.29, 0.717) is 32.0 Å². The lowest BCUT2D eigenvalue weighted by atomic mass is 9.91. The van der Waals surface area contributed by atoms with Crippen molar-refractivity contribution < 1.29 is 13.2 Å². The minimum atomic E-state index is -3.32. The molecule has 0 N–H and O–H groups in total. The van der Waals surface area contributed by atoms with Gasteiger partial charge in [-0.2, -0.15) is 0 Å². The monoisotopic (exact) mass is 392 g/mol. The van der Waals surface area contributed by atoms with Crippen LogP contribution in [0.1, 0.15) is 57.4 Å². The van der Waals surface area contributed by atoms with Crippen molar-refractivity contribution in [2.24, 2.45) is 5.92 Å². The van der Waals surface area contributed by atoms with Crippen LogP contribution in [0, 0.1) is 5.92 Å². The highest BCUT2D eigenvalue weighted by atomic mass is 32.2. The van der Waals surface area contributed by atoms with E-state index in [-0.39, 0.29) is 17.6 Å². The van der Waals surface area contributed by atoms with Crippen LogP contribution in [0.5, 0.6) is 0 Å². The van der Waals surface area contributed by atoms with Crippen LogP contribution in [-0.2, 0) is 20.6 Å². The Morgan fingerprint density at radius 3 is 2.26 bits per heavy atom. The fraction of sp³-hybridized carbons (Fsp3) is 0.667. The Morgan fingerprint density at radius 1 is 1.04 bits per heavy atom. The van der Waals surface area contributed by atoms with Gasteiger partial charge in [0, 0.05) is 31.6 Å². The summed E-state index contributed by atoms with van der Waals surface area (Å²) in [5, 5.41) is 0. The molecule has 1 aromatic rings. The van der Waals surface area contributed by atoms with Gasteiger partial charge in [-0.15, -0.1) is 0 Å². The van der Waals surface area contributed by atoms with Gasteiger partial charge in [-0.25, -0.2) is 12.7 Å². The van der Waals surface area contributed by atoms with E-state index in [2.05, 4.69) is 11.8 Å². The Kier molecular flexibility index (Phi) is 6.93. The lowest BCUT2D eigenvalue weighted by molar-refractivity contribution is -0.139. The van der Waals surface area contributed by atoms with Crippen LogP contribution < -0.4 is 0 Å². The summed E-state index contributed by atoms with van der Waals surface area (Å²) in [6.45, 7) is 3.73. The van der Waals surface area contributed by atoms with Crippen LogP contribution in [0.3, 0.4) is 0 Å². The molecular weight excluding hydrogens is 360 g/mol. The van der Waals surface area contributed by atoms with E-state index in [0.717, 1.165) is 24.9 Å². The van der Waals surface area contributed by atoms with Gasteiger partial charge in [-0.05, 0) is 38.2 Å². The summed E-state index contributed by atoms with van der Waals surface area (Å²) < 4.78 is 27.0. The molecule has 1 aromatic carbocycles. The van der Waals surface area contributed by atoms with E-state index in [1.807, 2.05) is 30.3 Å². The van der Waals surface area contributed by atoms with E-state index in [4.69, 9.17) is 0 Å². The molecule has 150 valence electrons. The maximum absolute atomic E-state index is 13.0. The molecule has 27 heavy (non-hydrogen) atoms. The summed E-state index contributed by atoms with van der Waals surface area (Å²) in [6, 6.07) is 9.68. The second-order valence-electron chi connectivity index (χ2n) is 7.83. The smallest absolute Gasteiger partial charge is 0.226 e. The van der Waals surface area contributed by atoms with Gasteiger partial charge in [0.05, 0.1) is 5.75 Å². The molecule has 0 unspecified atom stereocenters. The molecule has 1 aliphatic heterocycles. The summed E-state index contributed by atoms with van der Waals surface area (Å²) in [4.78, 5) is 15.1. The largest absolute Gasteiger partial charge is 0.340 e. The quantitative estimate of drug-likeness (QED) is 0.745. The van der Waals surface area contributed by atoms with Gasteiger partial charge in [0.15, 0.2) is 0 Å². The third kappa shape index (κ3) is 5.11. The van der Waals surface area contributed by atoms with Crippen LogP contribution in [-0.4, -0.2) is 49.2 Å². The number of nitrogens with zero attached hydrogens (tertiary/aromatic N) is 2. The third-order valence-corrected chi connectivity index (χ3v) is 7.88. The Labute approximate surface area is 163 Å². The van der Waals surface area contributed by atoms with E-state index in [1.54, 1.807) is 4.31 Å². The molecule has 1 heterocycles. The highest BCUT2D eigenvalue weighted by Crippen LogP contribution is 2.28. The van der Waals surface area contributed by atoms with Crippen LogP contribution in [0.25, 0.3) is 0 Å². The molecule has 1 saturated heterocycles. The fourth-order valence-electron chi connectivity index (χ4n) is 4.48. The van der Waals surface area contributed by atoms with E-state index in [1.165, 1.54) is 19.3 Å². The van der Waals surface area contributed by atoms with Crippen molar-refractivity contribution in [2.75, 3.05) is 19.6 Å². The average molecular weight is 393 g/mol. The first kappa shape index (κ1) is 20.3. The molecule has 0 bridgehead atoms. The van der Waals surface area contributed by atoms with Gasteiger partial charge in [-0.3, -0.25) is 4.79 Å². The zero-order valence-corrected chi connectivity index (χ0v) is 17.2. The third-order valence-electron chi connectivity index (χ3n) is 6.03. The fourth-order valence-corrected chi connectivity index (χ4v) is 6.04. The minimum Gasteiger partial charge on any atom is -0.340 e. The molecule has 0 radical (unpaired) electrons. The summed E-state index contributed by atoms with van der Waals surface area (Å²) in [6.07, 6.45) is 7.20. The van der Waals surface area contributed by atoms with Crippen LogP contribution in [0.4, 0.5) is 0 Å². The number of hydrogen-bond donors (Lipinski definition) is 0. The molecular formula is C21H32N2O3S. The van der Waals surface area contributed by atoms with Crippen molar-refractivity contribution in [3.8, 4) is 0 Å². The van der Waals surface area contributed by atoms with Gasteiger partial charge in [0.25, 0.3) is 0 Å². The molecule has 1 aliphatic carbocycles. The van der Waals surface area contributed by atoms with Crippen molar-refractivity contribution in [1.82, 2.24) is 9.21 Å².